The van der Waals surface area contributed by atoms with Crippen LogP contribution in [-0.4, -0.2) is 0 Å². The standard InChI is InChI=1S/C15H22Cl2N2/c16-12-7-8-14(17)13(10-12)15(19-18)9-11-5-3-1-2-4-6-11/h7-8,10-11,15,19H,1-6,9,18H2. The van der Waals surface area contributed by atoms with E-state index in [1.165, 1.54) is 38.5 Å². The van der Waals surface area contributed by atoms with Crippen LogP contribution in [0.3, 0.4) is 0 Å². The molecule has 2 rings (SSSR count). The second-order valence-electron chi connectivity index (χ2n) is 5.48. The topological polar surface area (TPSA) is 38.0 Å². The summed E-state index contributed by atoms with van der Waals surface area (Å²) >= 11 is 12.3. The molecule has 0 saturated heterocycles. The Hall–Kier alpha value is -0.280. The molecule has 1 saturated carbocycles. The number of halogens is 2. The second-order valence-corrected chi connectivity index (χ2v) is 6.32. The van der Waals surface area contributed by atoms with Crippen molar-refractivity contribution in [2.45, 2.75) is 51.0 Å². The number of hydrazine groups is 1. The van der Waals surface area contributed by atoms with Gasteiger partial charge in [0.1, 0.15) is 0 Å². The van der Waals surface area contributed by atoms with Gasteiger partial charge in [-0.1, -0.05) is 61.7 Å². The molecule has 0 aliphatic heterocycles. The van der Waals surface area contributed by atoms with Crippen molar-refractivity contribution in [3.05, 3.63) is 33.8 Å². The number of hydrogen-bond acceptors (Lipinski definition) is 2. The van der Waals surface area contributed by atoms with Crippen molar-refractivity contribution < 1.29 is 0 Å². The average Bonchev–Trinajstić information content (AvgIpc) is 2.67. The van der Waals surface area contributed by atoms with Crippen LogP contribution in [0.4, 0.5) is 0 Å². The largest absolute Gasteiger partial charge is 0.271 e. The summed E-state index contributed by atoms with van der Waals surface area (Å²) in [6.07, 6.45) is 9.06. The zero-order valence-corrected chi connectivity index (χ0v) is 12.7. The Morgan fingerprint density at radius 2 is 1.84 bits per heavy atom. The van der Waals surface area contributed by atoms with Crippen molar-refractivity contribution in [1.29, 1.82) is 0 Å². The molecule has 1 aromatic carbocycles. The Morgan fingerprint density at radius 1 is 1.16 bits per heavy atom. The first-order valence-electron chi connectivity index (χ1n) is 7.12. The monoisotopic (exact) mass is 300 g/mol. The fourth-order valence-corrected chi connectivity index (χ4v) is 3.43. The van der Waals surface area contributed by atoms with E-state index in [9.17, 15) is 0 Å². The van der Waals surface area contributed by atoms with Gasteiger partial charge < -0.3 is 0 Å². The highest BCUT2D eigenvalue weighted by Gasteiger charge is 2.20. The first-order chi connectivity index (χ1) is 9.20. The van der Waals surface area contributed by atoms with Gasteiger partial charge in [0.2, 0.25) is 0 Å². The Balaban J connectivity index is 2.08. The van der Waals surface area contributed by atoms with E-state index in [2.05, 4.69) is 5.43 Å². The first kappa shape index (κ1) is 15.1. The van der Waals surface area contributed by atoms with E-state index >= 15 is 0 Å². The van der Waals surface area contributed by atoms with Gasteiger partial charge in [-0.3, -0.25) is 11.3 Å². The zero-order chi connectivity index (χ0) is 13.7. The van der Waals surface area contributed by atoms with E-state index in [1.807, 2.05) is 18.2 Å². The summed E-state index contributed by atoms with van der Waals surface area (Å²) in [5.74, 6) is 6.46. The molecule has 106 valence electrons. The van der Waals surface area contributed by atoms with Gasteiger partial charge in [-0.2, -0.15) is 0 Å². The van der Waals surface area contributed by atoms with Crippen molar-refractivity contribution in [1.82, 2.24) is 5.43 Å². The van der Waals surface area contributed by atoms with E-state index in [1.54, 1.807) is 0 Å². The average molecular weight is 301 g/mol. The van der Waals surface area contributed by atoms with Crippen molar-refractivity contribution >= 4 is 23.2 Å². The molecular formula is C15H22Cl2N2. The van der Waals surface area contributed by atoms with E-state index in [-0.39, 0.29) is 6.04 Å². The first-order valence-corrected chi connectivity index (χ1v) is 7.87. The molecule has 1 atom stereocenters. The molecule has 0 heterocycles. The maximum Gasteiger partial charge on any atom is 0.0477 e. The molecule has 2 nitrogen and oxygen atoms in total. The Labute approximate surface area is 125 Å². The van der Waals surface area contributed by atoms with Crippen LogP contribution in [0.5, 0.6) is 0 Å². The van der Waals surface area contributed by atoms with Crippen LogP contribution in [0.15, 0.2) is 18.2 Å². The normalized spacial score (nSPS) is 19.1. The summed E-state index contributed by atoms with van der Waals surface area (Å²) in [5, 5.41) is 1.45. The highest BCUT2D eigenvalue weighted by molar-refractivity contribution is 6.33. The van der Waals surface area contributed by atoms with Crippen molar-refractivity contribution in [2.24, 2.45) is 11.8 Å². The smallest absolute Gasteiger partial charge is 0.0477 e. The molecule has 0 radical (unpaired) electrons. The third-order valence-electron chi connectivity index (χ3n) is 4.08. The lowest BCUT2D eigenvalue weighted by molar-refractivity contribution is 0.359. The minimum Gasteiger partial charge on any atom is -0.271 e. The molecule has 1 aromatic rings. The molecule has 4 heteroatoms. The lowest BCUT2D eigenvalue weighted by Crippen LogP contribution is -2.30. The maximum absolute atomic E-state index is 6.27. The fraction of sp³-hybridized carbons (Fsp3) is 0.600. The molecule has 1 fully saturated rings. The predicted molar refractivity (Wildman–Crippen MR) is 82.3 cm³/mol. The number of nitrogens with two attached hydrogens (primary N) is 1. The van der Waals surface area contributed by atoms with Crippen molar-refractivity contribution in [3.63, 3.8) is 0 Å². The summed E-state index contributed by atoms with van der Waals surface area (Å²) in [6, 6.07) is 5.67. The highest BCUT2D eigenvalue weighted by atomic mass is 35.5. The van der Waals surface area contributed by atoms with Gasteiger partial charge in [0, 0.05) is 16.1 Å². The predicted octanol–water partition coefficient (Wildman–Crippen LogP) is 4.86. The fourth-order valence-electron chi connectivity index (χ4n) is 3.00. The summed E-state index contributed by atoms with van der Waals surface area (Å²) in [6.45, 7) is 0. The Bertz CT molecular complexity index is 401. The lowest BCUT2D eigenvalue weighted by atomic mass is 9.90. The number of rotatable bonds is 4. The van der Waals surface area contributed by atoms with Gasteiger partial charge in [-0.05, 0) is 36.1 Å². The van der Waals surface area contributed by atoms with Crippen LogP contribution < -0.4 is 11.3 Å². The van der Waals surface area contributed by atoms with Crippen LogP contribution in [0, 0.1) is 5.92 Å². The third-order valence-corrected chi connectivity index (χ3v) is 4.66. The summed E-state index contributed by atoms with van der Waals surface area (Å²) in [4.78, 5) is 0. The summed E-state index contributed by atoms with van der Waals surface area (Å²) in [7, 11) is 0. The van der Waals surface area contributed by atoms with E-state index in [0.29, 0.717) is 5.02 Å². The van der Waals surface area contributed by atoms with Crippen LogP contribution in [-0.2, 0) is 0 Å². The number of nitrogens with one attached hydrogen (secondary N) is 1. The zero-order valence-electron chi connectivity index (χ0n) is 11.2. The molecule has 19 heavy (non-hydrogen) atoms. The summed E-state index contributed by atoms with van der Waals surface area (Å²) in [5.41, 5.74) is 3.93. The minimum absolute atomic E-state index is 0.0919. The van der Waals surface area contributed by atoms with Crippen LogP contribution in [0.1, 0.15) is 56.6 Å². The number of benzene rings is 1. The maximum atomic E-state index is 6.27. The van der Waals surface area contributed by atoms with Gasteiger partial charge in [-0.15, -0.1) is 0 Å². The van der Waals surface area contributed by atoms with Crippen LogP contribution in [0.25, 0.3) is 0 Å². The highest BCUT2D eigenvalue weighted by Crippen LogP contribution is 2.34. The molecule has 3 N–H and O–H groups in total. The quantitative estimate of drug-likeness (QED) is 0.473. The van der Waals surface area contributed by atoms with E-state index in [0.717, 1.165) is 22.9 Å². The van der Waals surface area contributed by atoms with Gasteiger partial charge >= 0.3 is 0 Å². The molecule has 0 bridgehead atoms. The number of hydrogen-bond donors (Lipinski definition) is 2. The van der Waals surface area contributed by atoms with Crippen molar-refractivity contribution in [3.8, 4) is 0 Å². The SMILES string of the molecule is NNC(CC1CCCCCC1)c1cc(Cl)ccc1Cl. The molecule has 1 unspecified atom stereocenters. The Morgan fingerprint density at radius 3 is 2.47 bits per heavy atom. The molecule has 0 aromatic heterocycles. The van der Waals surface area contributed by atoms with Gasteiger partial charge in [0.05, 0.1) is 0 Å². The van der Waals surface area contributed by atoms with Crippen LogP contribution >= 0.6 is 23.2 Å². The molecule has 1 aliphatic carbocycles. The Kier molecular flexibility index (Phi) is 5.96. The van der Waals surface area contributed by atoms with Crippen molar-refractivity contribution in [2.75, 3.05) is 0 Å². The van der Waals surface area contributed by atoms with Gasteiger partial charge in [0.15, 0.2) is 0 Å². The van der Waals surface area contributed by atoms with E-state index < -0.39 is 0 Å². The second kappa shape index (κ2) is 7.49. The summed E-state index contributed by atoms with van der Waals surface area (Å²) < 4.78 is 0. The van der Waals surface area contributed by atoms with Gasteiger partial charge in [-0.25, -0.2) is 0 Å². The molecule has 0 amide bonds. The van der Waals surface area contributed by atoms with Gasteiger partial charge in [0.25, 0.3) is 0 Å². The third kappa shape index (κ3) is 4.35. The van der Waals surface area contributed by atoms with Crippen LogP contribution in [0.2, 0.25) is 10.0 Å². The lowest BCUT2D eigenvalue weighted by Gasteiger charge is -2.23. The van der Waals surface area contributed by atoms with E-state index in [4.69, 9.17) is 29.0 Å². The minimum atomic E-state index is 0.0919. The molecular weight excluding hydrogens is 279 g/mol. The molecule has 0 spiro atoms. The molecule has 1 aliphatic rings.